The number of nitrogens with zero attached hydrogens (tertiary/aromatic N) is 1. The average molecular weight is 191 g/mol. The normalized spacial score (nSPS) is 20.7. The first kappa shape index (κ1) is 8.70. The van der Waals surface area contributed by atoms with Crippen LogP contribution in [0.1, 0.15) is 29.7 Å². The molecule has 0 aromatic heterocycles. The summed E-state index contributed by atoms with van der Waals surface area (Å²) in [7, 11) is 2.06. The van der Waals surface area contributed by atoms with Gasteiger partial charge in [-0.3, -0.25) is 0 Å². The molecule has 0 N–H and O–H groups in total. The molecule has 0 bridgehead atoms. The monoisotopic (exact) mass is 191 g/mol. The molecule has 0 aliphatic carbocycles. The Balaban J connectivity index is 2.60. The summed E-state index contributed by atoms with van der Waals surface area (Å²) in [6, 6.07) is 6.92. The molecular formula is C11H13NS. The minimum Gasteiger partial charge on any atom is -0.359 e. The van der Waals surface area contributed by atoms with E-state index in [4.69, 9.17) is 12.2 Å². The van der Waals surface area contributed by atoms with E-state index in [1.165, 1.54) is 16.7 Å². The number of hydrogen-bond donors (Lipinski definition) is 0. The van der Waals surface area contributed by atoms with Crippen LogP contribution in [0.4, 0.5) is 0 Å². The smallest absolute Gasteiger partial charge is 0.109 e. The molecule has 1 aromatic rings. The zero-order valence-corrected chi connectivity index (χ0v) is 8.98. The Morgan fingerprint density at radius 2 is 2.08 bits per heavy atom. The molecule has 0 amide bonds. The van der Waals surface area contributed by atoms with Crippen molar-refractivity contribution in [3.05, 3.63) is 34.9 Å². The summed E-state index contributed by atoms with van der Waals surface area (Å²) in [5.41, 5.74) is 3.91. The van der Waals surface area contributed by atoms with Gasteiger partial charge in [0.05, 0.1) is 6.04 Å². The minimum atomic E-state index is 0.433. The molecule has 0 fully saturated rings. The van der Waals surface area contributed by atoms with Gasteiger partial charge in [-0.1, -0.05) is 36.0 Å². The number of hydrogen-bond acceptors (Lipinski definition) is 1. The molecule has 68 valence electrons. The predicted octanol–water partition coefficient (Wildman–Crippen LogP) is 2.68. The van der Waals surface area contributed by atoms with Gasteiger partial charge in [0, 0.05) is 12.6 Å². The first-order chi connectivity index (χ1) is 6.11. The maximum Gasteiger partial charge on any atom is 0.109 e. The molecule has 0 spiro atoms. The molecule has 2 rings (SSSR count). The van der Waals surface area contributed by atoms with Gasteiger partial charge in [-0.15, -0.1) is 0 Å². The van der Waals surface area contributed by atoms with E-state index in [1.807, 2.05) is 0 Å². The van der Waals surface area contributed by atoms with Crippen molar-refractivity contribution in [2.24, 2.45) is 0 Å². The predicted molar refractivity (Wildman–Crippen MR) is 59.1 cm³/mol. The number of rotatable bonds is 0. The van der Waals surface area contributed by atoms with Crippen LogP contribution in [0.3, 0.4) is 0 Å². The number of aryl methyl sites for hydroxylation is 1. The van der Waals surface area contributed by atoms with Crippen LogP contribution in [0.5, 0.6) is 0 Å². The number of fused-ring (bicyclic) bond motifs is 1. The van der Waals surface area contributed by atoms with Crippen molar-refractivity contribution in [2.75, 3.05) is 7.05 Å². The van der Waals surface area contributed by atoms with Crippen molar-refractivity contribution in [3.8, 4) is 0 Å². The summed E-state index contributed by atoms with van der Waals surface area (Å²) in [6.07, 6.45) is 0. The Morgan fingerprint density at radius 3 is 2.77 bits per heavy atom. The molecule has 1 atom stereocenters. The maximum absolute atomic E-state index is 5.34. The van der Waals surface area contributed by atoms with Crippen LogP contribution in [0.25, 0.3) is 0 Å². The second kappa shape index (κ2) is 2.81. The van der Waals surface area contributed by atoms with E-state index in [0.29, 0.717) is 6.04 Å². The summed E-state index contributed by atoms with van der Waals surface area (Å²) >= 11 is 5.34. The Labute approximate surface area is 84.4 Å². The van der Waals surface area contributed by atoms with Crippen LogP contribution >= 0.6 is 12.2 Å². The number of thiocarbonyl (C=S) groups is 1. The van der Waals surface area contributed by atoms with E-state index in [1.54, 1.807) is 0 Å². The summed E-state index contributed by atoms with van der Waals surface area (Å²) in [5.74, 6) is 0. The second-order valence-electron chi connectivity index (χ2n) is 3.68. The Hall–Kier alpha value is -0.890. The third-order valence-electron chi connectivity index (χ3n) is 2.79. The van der Waals surface area contributed by atoms with E-state index in [2.05, 4.69) is 44.0 Å². The highest BCUT2D eigenvalue weighted by Gasteiger charge is 2.27. The lowest BCUT2D eigenvalue weighted by atomic mass is 10.0. The fraction of sp³-hybridized carbons (Fsp3) is 0.364. The zero-order chi connectivity index (χ0) is 9.59. The van der Waals surface area contributed by atoms with Crippen molar-refractivity contribution in [3.63, 3.8) is 0 Å². The van der Waals surface area contributed by atoms with E-state index < -0.39 is 0 Å². The van der Waals surface area contributed by atoms with Crippen LogP contribution in [-0.4, -0.2) is 16.9 Å². The van der Waals surface area contributed by atoms with Crippen molar-refractivity contribution < 1.29 is 0 Å². The third-order valence-corrected chi connectivity index (χ3v) is 3.30. The summed E-state index contributed by atoms with van der Waals surface area (Å²) in [6.45, 7) is 4.31. The molecule has 1 heterocycles. The fourth-order valence-corrected chi connectivity index (χ4v) is 2.14. The zero-order valence-electron chi connectivity index (χ0n) is 8.16. The quantitative estimate of drug-likeness (QED) is 0.580. The van der Waals surface area contributed by atoms with Crippen LogP contribution in [0.15, 0.2) is 18.2 Å². The highest BCUT2D eigenvalue weighted by molar-refractivity contribution is 7.80. The Bertz CT molecular complexity index is 370. The molecule has 0 radical (unpaired) electrons. The van der Waals surface area contributed by atoms with Gasteiger partial charge in [0.15, 0.2) is 0 Å². The van der Waals surface area contributed by atoms with E-state index in [-0.39, 0.29) is 0 Å². The lowest BCUT2D eigenvalue weighted by Crippen LogP contribution is -2.19. The molecule has 0 saturated carbocycles. The van der Waals surface area contributed by atoms with Crippen molar-refractivity contribution >= 4 is 17.2 Å². The van der Waals surface area contributed by atoms with Gasteiger partial charge in [-0.25, -0.2) is 0 Å². The van der Waals surface area contributed by atoms with Gasteiger partial charge in [0.25, 0.3) is 0 Å². The van der Waals surface area contributed by atoms with Gasteiger partial charge in [-0.05, 0) is 19.4 Å². The lowest BCUT2D eigenvalue weighted by Gasteiger charge is -2.17. The van der Waals surface area contributed by atoms with Gasteiger partial charge >= 0.3 is 0 Å². The van der Waals surface area contributed by atoms with Gasteiger partial charge < -0.3 is 4.90 Å². The summed E-state index contributed by atoms with van der Waals surface area (Å²) in [4.78, 5) is 3.13. The Morgan fingerprint density at radius 1 is 1.38 bits per heavy atom. The fourth-order valence-electron chi connectivity index (χ4n) is 1.80. The molecule has 2 heteroatoms. The standard InChI is InChI=1S/C11H13NS/c1-7-4-5-9-10(6-7)8(2)12(3)11(9)13/h4-6,8H,1-3H3. The largest absolute Gasteiger partial charge is 0.359 e. The highest BCUT2D eigenvalue weighted by atomic mass is 32.1. The first-order valence-corrected chi connectivity index (χ1v) is 4.90. The van der Waals surface area contributed by atoms with Crippen molar-refractivity contribution in [1.29, 1.82) is 0 Å². The third kappa shape index (κ3) is 1.17. The van der Waals surface area contributed by atoms with E-state index in [0.717, 1.165) is 4.99 Å². The lowest BCUT2D eigenvalue weighted by molar-refractivity contribution is 0.429. The Kier molecular flexibility index (Phi) is 1.88. The minimum absolute atomic E-state index is 0.433. The first-order valence-electron chi connectivity index (χ1n) is 4.49. The van der Waals surface area contributed by atoms with Gasteiger partial charge in [0.2, 0.25) is 0 Å². The van der Waals surface area contributed by atoms with Crippen molar-refractivity contribution in [1.82, 2.24) is 4.90 Å². The average Bonchev–Trinajstić information content (AvgIpc) is 2.32. The van der Waals surface area contributed by atoms with Crippen LogP contribution in [-0.2, 0) is 0 Å². The molecular weight excluding hydrogens is 178 g/mol. The van der Waals surface area contributed by atoms with Crippen LogP contribution in [0.2, 0.25) is 0 Å². The topological polar surface area (TPSA) is 3.24 Å². The van der Waals surface area contributed by atoms with E-state index in [9.17, 15) is 0 Å². The highest BCUT2D eigenvalue weighted by Crippen LogP contribution is 2.32. The maximum atomic E-state index is 5.34. The summed E-state index contributed by atoms with van der Waals surface area (Å²) in [5, 5.41) is 0. The molecule has 1 aliphatic heterocycles. The molecule has 1 nitrogen and oxygen atoms in total. The molecule has 1 unspecified atom stereocenters. The van der Waals surface area contributed by atoms with Gasteiger partial charge in [-0.2, -0.15) is 0 Å². The van der Waals surface area contributed by atoms with Crippen LogP contribution < -0.4 is 0 Å². The second-order valence-corrected chi connectivity index (χ2v) is 4.07. The summed E-state index contributed by atoms with van der Waals surface area (Å²) < 4.78 is 0. The van der Waals surface area contributed by atoms with Crippen molar-refractivity contribution in [2.45, 2.75) is 19.9 Å². The molecule has 1 aliphatic rings. The molecule has 13 heavy (non-hydrogen) atoms. The van der Waals surface area contributed by atoms with Gasteiger partial charge in [0.1, 0.15) is 4.99 Å². The van der Waals surface area contributed by atoms with E-state index >= 15 is 0 Å². The SMILES string of the molecule is Cc1ccc2c(c1)C(C)N(C)C2=S. The molecule has 0 saturated heterocycles. The van der Waals surface area contributed by atoms with Crippen LogP contribution in [0, 0.1) is 6.92 Å². The number of benzene rings is 1. The molecule has 1 aromatic carbocycles.